The highest BCUT2D eigenvalue weighted by Crippen LogP contribution is 2.26. The number of amides is 1. The maximum Gasteiger partial charge on any atom is 0.387 e. The second kappa shape index (κ2) is 9.90. The van der Waals surface area contributed by atoms with Crippen molar-refractivity contribution < 1.29 is 18.3 Å². The van der Waals surface area contributed by atoms with E-state index in [0.717, 1.165) is 5.56 Å². The van der Waals surface area contributed by atoms with Gasteiger partial charge in [0.25, 0.3) is 5.91 Å². The number of anilines is 1. The first-order valence-electron chi connectivity index (χ1n) is 9.37. The van der Waals surface area contributed by atoms with Crippen molar-refractivity contribution in [1.82, 2.24) is 20.0 Å². The Morgan fingerprint density at radius 2 is 1.91 bits per heavy atom. The number of alkyl halides is 2. The van der Waals surface area contributed by atoms with Crippen molar-refractivity contribution >= 4 is 50.9 Å². The molecule has 0 aliphatic rings. The lowest BCUT2D eigenvalue weighted by atomic mass is 10.1. The van der Waals surface area contributed by atoms with Crippen molar-refractivity contribution in [3.63, 3.8) is 0 Å². The van der Waals surface area contributed by atoms with Gasteiger partial charge in [-0.1, -0.05) is 29.3 Å². The number of ether oxygens (including phenoxy) is 1. The van der Waals surface area contributed by atoms with Crippen LogP contribution in [0.5, 0.6) is 5.75 Å². The van der Waals surface area contributed by atoms with Gasteiger partial charge in [0.2, 0.25) is 0 Å². The van der Waals surface area contributed by atoms with E-state index in [0.29, 0.717) is 38.1 Å². The third-order valence-electron chi connectivity index (χ3n) is 4.48. The summed E-state index contributed by atoms with van der Waals surface area (Å²) in [4.78, 5) is 12.6. The number of carbonyl (C=O) groups is 1. The molecule has 0 radical (unpaired) electrons. The molecule has 0 aliphatic heterocycles. The van der Waals surface area contributed by atoms with Gasteiger partial charge in [-0.05, 0) is 64.0 Å². The smallest absolute Gasteiger partial charge is 0.387 e. The van der Waals surface area contributed by atoms with E-state index in [4.69, 9.17) is 23.2 Å². The standard InChI is InChI=1S/C21H14BrCl2F2N5O2/c22-14-10-31(9-11-1-6-15(23)16(24)7-11)30-19(14)27-20(32)18-8-17(28-29-18)12-2-4-13(5-3-12)33-21(25)26/h1-8,10,21H,9H2,(H,28,29)(H,27,30,32). The van der Waals surface area contributed by atoms with E-state index in [1.165, 1.54) is 12.1 Å². The number of nitrogens with one attached hydrogen (secondary N) is 2. The van der Waals surface area contributed by atoms with E-state index in [-0.39, 0.29) is 11.4 Å². The van der Waals surface area contributed by atoms with E-state index in [9.17, 15) is 13.6 Å². The van der Waals surface area contributed by atoms with Crippen molar-refractivity contribution in [3.8, 4) is 17.0 Å². The van der Waals surface area contributed by atoms with Crippen molar-refractivity contribution in [2.75, 3.05) is 5.32 Å². The summed E-state index contributed by atoms with van der Waals surface area (Å²) in [6.45, 7) is -2.48. The quantitative estimate of drug-likeness (QED) is 0.282. The molecule has 2 heterocycles. The highest BCUT2D eigenvalue weighted by molar-refractivity contribution is 9.10. The minimum atomic E-state index is -2.90. The first kappa shape index (κ1) is 23.2. The second-order valence-electron chi connectivity index (χ2n) is 6.80. The Kier molecular flexibility index (Phi) is 6.96. The highest BCUT2D eigenvalue weighted by atomic mass is 79.9. The molecule has 0 spiro atoms. The van der Waals surface area contributed by atoms with Crippen molar-refractivity contribution in [1.29, 1.82) is 0 Å². The molecule has 170 valence electrons. The van der Waals surface area contributed by atoms with Crippen LogP contribution in [-0.4, -0.2) is 32.5 Å². The minimum absolute atomic E-state index is 0.0311. The number of aromatic nitrogens is 4. The Hall–Kier alpha value is -2.95. The normalized spacial score (nSPS) is 11.1. The molecule has 0 saturated heterocycles. The molecular weight excluding hydrogens is 543 g/mol. The van der Waals surface area contributed by atoms with E-state index in [1.54, 1.807) is 41.2 Å². The largest absolute Gasteiger partial charge is 0.435 e. The molecule has 2 aromatic carbocycles. The zero-order chi connectivity index (χ0) is 23.5. The SMILES string of the molecule is O=C(Nc1nn(Cc2ccc(Cl)c(Cl)c2)cc1Br)c1cc(-c2ccc(OC(F)F)cc2)n[nH]1. The van der Waals surface area contributed by atoms with Gasteiger partial charge in [0.15, 0.2) is 5.82 Å². The number of hydrogen-bond donors (Lipinski definition) is 2. The number of aromatic amines is 1. The van der Waals surface area contributed by atoms with Gasteiger partial charge >= 0.3 is 6.61 Å². The summed E-state index contributed by atoms with van der Waals surface area (Å²) < 4.78 is 31.1. The van der Waals surface area contributed by atoms with Crippen LogP contribution in [0.25, 0.3) is 11.3 Å². The first-order chi connectivity index (χ1) is 15.8. The minimum Gasteiger partial charge on any atom is -0.435 e. The number of nitrogens with zero attached hydrogens (tertiary/aromatic N) is 3. The maximum atomic E-state index is 12.6. The van der Waals surface area contributed by atoms with E-state index in [2.05, 4.69) is 41.3 Å². The van der Waals surface area contributed by atoms with E-state index in [1.807, 2.05) is 6.07 Å². The fraction of sp³-hybridized carbons (Fsp3) is 0.0952. The van der Waals surface area contributed by atoms with Crippen molar-refractivity contribution in [2.24, 2.45) is 0 Å². The van der Waals surface area contributed by atoms with Gasteiger partial charge in [-0.3, -0.25) is 14.6 Å². The van der Waals surface area contributed by atoms with Crippen LogP contribution in [0.15, 0.2) is 59.2 Å². The number of hydrogen-bond acceptors (Lipinski definition) is 4. The molecule has 4 rings (SSSR count). The lowest BCUT2D eigenvalue weighted by molar-refractivity contribution is -0.0498. The molecule has 0 aliphatic carbocycles. The Labute approximate surface area is 204 Å². The zero-order valence-electron chi connectivity index (χ0n) is 16.5. The van der Waals surface area contributed by atoms with Crippen LogP contribution in [0, 0.1) is 0 Å². The molecule has 12 heteroatoms. The van der Waals surface area contributed by atoms with Crippen LogP contribution in [0.3, 0.4) is 0 Å². The summed E-state index contributed by atoms with van der Waals surface area (Å²) in [7, 11) is 0. The molecule has 2 N–H and O–H groups in total. The predicted molar refractivity (Wildman–Crippen MR) is 124 cm³/mol. The zero-order valence-corrected chi connectivity index (χ0v) is 19.6. The molecule has 0 unspecified atom stereocenters. The Bertz CT molecular complexity index is 1290. The summed E-state index contributed by atoms with van der Waals surface area (Å²) in [5.41, 5.74) is 2.18. The topological polar surface area (TPSA) is 84.8 Å². The third-order valence-corrected chi connectivity index (χ3v) is 5.79. The molecule has 33 heavy (non-hydrogen) atoms. The molecule has 0 saturated carbocycles. The van der Waals surface area contributed by atoms with E-state index >= 15 is 0 Å². The molecule has 0 fully saturated rings. The molecule has 1 amide bonds. The van der Waals surface area contributed by atoms with Crippen LogP contribution in [-0.2, 0) is 6.54 Å². The van der Waals surface area contributed by atoms with Crippen molar-refractivity contribution in [3.05, 3.63) is 80.5 Å². The Morgan fingerprint density at radius 3 is 2.61 bits per heavy atom. The fourth-order valence-electron chi connectivity index (χ4n) is 2.96. The third kappa shape index (κ3) is 5.70. The molecule has 4 aromatic rings. The monoisotopic (exact) mass is 555 g/mol. The van der Waals surface area contributed by atoms with Gasteiger partial charge in [0.1, 0.15) is 11.4 Å². The summed E-state index contributed by atoms with van der Waals surface area (Å²) in [5.74, 6) is -0.0971. The lowest BCUT2D eigenvalue weighted by Gasteiger charge is -2.04. The summed E-state index contributed by atoms with van der Waals surface area (Å²) >= 11 is 15.4. The van der Waals surface area contributed by atoms with Crippen LogP contribution >= 0.6 is 39.1 Å². The van der Waals surface area contributed by atoms with Crippen molar-refractivity contribution in [2.45, 2.75) is 13.2 Å². The van der Waals surface area contributed by atoms with Crippen LogP contribution in [0.1, 0.15) is 16.1 Å². The molecule has 0 atom stereocenters. The van der Waals surface area contributed by atoms with Crippen LogP contribution in [0.2, 0.25) is 10.0 Å². The van der Waals surface area contributed by atoms with Gasteiger partial charge < -0.3 is 10.1 Å². The van der Waals surface area contributed by atoms with Gasteiger partial charge in [-0.25, -0.2) is 0 Å². The molecule has 0 bridgehead atoms. The van der Waals surface area contributed by atoms with Crippen LogP contribution < -0.4 is 10.1 Å². The van der Waals surface area contributed by atoms with Gasteiger partial charge in [-0.2, -0.15) is 19.0 Å². The predicted octanol–water partition coefficient (Wildman–Crippen LogP) is 6.24. The van der Waals surface area contributed by atoms with Gasteiger partial charge in [0, 0.05) is 11.8 Å². The molecule has 7 nitrogen and oxygen atoms in total. The molecular formula is C21H14BrCl2F2N5O2. The van der Waals surface area contributed by atoms with E-state index < -0.39 is 12.5 Å². The first-order valence-corrected chi connectivity index (χ1v) is 10.9. The average Bonchev–Trinajstić information content (AvgIpc) is 3.38. The molecule has 2 aromatic heterocycles. The maximum absolute atomic E-state index is 12.6. The van der Waals surface area contributed by atoms with Crippen LogP contribution in [0.4, 0.5) is 14.6 Å². The summed E-state index contributed by atoms with van der Waals surface area (Å²) in [6, 6.07) is 12.7. The Morgan fingerprint density at radius 1 is 1.15 bits per heavy atom. The Balaban J connectivity index is 1.43. The summed E-state index contributed by atoms with van der Waals surface area (Å²) in [6.07, 6.45) is 1.72. The number of rotatable bonds is 7. The average molecular weight is 557 g/mol. The highest BCUT2D eigenvalue weighted by Gasteiger charge is 2.16. The number of benzene rings is 2. The lowest BCUT2D eigenvalue weighted by Crippen LogP contribution is -2.13. The second-order valence-corrected chi connectivity index (χ2v) is 8.46. The fourth-order valence-corrected chi connectivity index (χ4v) is 3.69. The number of H-pyrrole nitrogens is 1. The summed E-state index contributed by atoms with van der Waals surface area (Å²) in [5, 5.41) is 14.8. The van der Waals surface area contributed by atoms with Gasteiger partial charge in [-0.15, -0.1) is 0 Å². The number of carbonyl (C=O) groups excluding carboxylic acids is 1. The number of halogens is 5. The van der Waals surface area contributed by atoms with Gasteiger partial charge in [0.05, 0.1) is 26.8 Å².